The molecule has 17 heavy (non-hydrogen) atoms. The Bertz CT molecular complexity index is 417. The second kappa shape index (κ2) is 4.82. The van der Waals surface area contributed by atoms with Crippen LogP contribution in [-0.2, 0) is 4.79 Å². The minimum atomic E-state index is -1.31. The first-order valence-corrected chi connectivity index (χ1v) is 5.04. The minimum Gasteiger partial charge on any atom is -0.480 e. The van der Waals surface area contributed by atoms with Gasteiger partial charge >= 0.3 is 12.0 Å². The number of carbonyl (C=O) groups is 2. The van der Waals surface area contributed by atoms with Crippen molar-refractivity contribution in [1.29, 1.82) is 0 Å². The smallest absolute Gasteiger partial charge is 0.328 e. The summed E-state index contributed by atoms with van der Waals surface area (Å²) in [5, 5.41) is 11.3. The van der Waals surface area contributed by atoms with Crippen LogP contribution in [0.4, 0.5) is 10.5 Å². The van der Waals surface area contributed by atoms with E-state index in [1.165, 1.54) is 24.9 Å². The summed E-state index contributed by atoms with van der Waals surface area (Å²) < 4.78 is 0. The van der Waals surface area contributed by atoms with Crippen molar-refractivity contribution in [2.75, 3.05) is 11.9 Å². The van der Waals surface area contributed by atoms with Crippen molar-refractivity contribution < 1.29 is 14.7 Å². The summed E-state index contributed by atoms with van der Waals surface area (Å²) in [6.45, 7) is 2.84. The molecule has 2 amide bonds. The van der Waals surface area contributed by atoms with Crippen LogP contribution in [0.5, 0.6) is 0 Å². The molecule has 1 heterocycles. The molecule has 6 nitrogen and oxygen atoms in total. The van der Waals surface area contributed by atoms with Crippen molar-refractivity contribution >= 4 is 17.7 Å². The fourth-order valence-corrected chi connectivity index (χ4v) is 1.07. The number of anilines is 1. The number of carbonyl (C=O) groups excluding carboxylic acids is 1. The third-order valence-electron chi connectivity index (χ3n) is 2.29. The SMILES string of the molecule is CN(C(=O)NC(C)(C)C(=O)O)c1cccnc1. The molecule has 6 heteroatoms. The number of rotatable bonds is 3. The highest BCUT2D eigenvalue weighted by Crippen LogP contribution is 2.11. The first kappa shape index (κ1) is 13.0. The predicted octanol–water partition coefficient (Wildman–Crippen LogP) is 1.09. The molecule has 0 spiro atoms. The zero-order valence-electron chi connectivity index (χ0n) is 9.97. The van der Waals surface area contributed by atoms with Crippen LogP contribution >= 0.6 is 0 Å². The highest BCUT2D eigenvalue weighted by atomic mass is 16.4. The Morgan fingerprint density at radius 1 is 1.47 bits per heavy atom. The van der Waals surface area contributed by atoms with Gasteiger partial charge in [-0.05, 0) is 26.0 Å². The summed E-state index contributed by atoms with van der Waals surface area (Å²) >= 11 is 0. The Hall–Kier alpha value is -2.11. The molecule has 2 N–H and O–H groups in total. The molecule has 0 saturated heterocycles. The van der Waals surface area contributed by atoms with E-state index in [4.69, 9.17) is 5.11 Å². The van der Waals surface area contributed by atoms with Crippen molar-refractivity contribution in [3.8, 4) is 0 Å². The lowest BCUT2D eigenvalue weighted by molar-refractivity contribution is -0.142. The second-order valence-electron chi connectivity index (χ2n) is 4.13. The van der Waals surface area contributed by atoms with E-state index in [2.05, 4.69) is 10.3 Å². The molecule has 0 fully saturated rings. The van der Waals surface area contributed by atoms with E-state index < -0.39 is 17.5 Å². The molecular formula is C11H15N3O3. The number of carboxylic acids is 1. The third-order valence-corrected chi connectivity index (χ3v) is 2.29. The van der Waals surface area contributed by atoms with E-state index in [0.29, 0.717) is 5.69 Å². The van der Waals surface area contributed by atoms with Gasteiger partial charge in [-0.25, -0.2) is 9.59 Å². The van der Waals surface area contributed by atoms with E-state index in [9.17, 15) is 9.59 Å². The number of aromatic nitrogens is 1. The van der Waals surface area contributed by atoms with E-state index >= 15 is 0 Å². The van der Waals surface area contributed by atoms with Gasteiger partial charge in [-0.1, -0.05) is 0 Å². The highest BCUT2D eigenvalue weighted by molar-refractivity contribution is 5.94. The molecule has 0 aliphatic carbocycles. The third kappa shape index (κ3) is 3.17. The van der Waals surface area contributed by atoms with E-state index in [1.807, 2.05) is 0 Å². The fourth-order valence-electron chi connectivity index (χ4n) is 1.07. The highest BCUT2D eigenvalue weighted by Gasteiger charge is 2.30. The Morgan fingerprint density at radius 2 is 2.12 bits per heavy atom. The summed E-state index contributed by atoms with van der Waals surface area (Å²) in [7, 11) is 1.55. The molecule has 0 saturated carbocycles. The maximum Gasteiger partial charge on any atom is 0.328 e. The van der Waals surface area contributed by atoms with Gasteiger partial charge in [-0.2, -0.15) is 0 Å². The Balaban J connectivity index is 2.75. The molecule has 0 bridgehead atoms. The van der Waals surface area contributed by atoms with Crippen molar-refractivity contribution in [3.63, 3.8) is 0 Å². The van der Waals surface area contributed by atoms with Crippen LogP contribution < -0.4 is 10.2 Å². The largest absolute Gasteiger partial charge is 0.480 e. The Morgan fingerprint density at radius 3 is 2.59 bits per heavy atom. The predicted molar refractivity (Wildman–Crippen MR) is 62.9 cm³/mol. The molecule has 0 radical (unpaired) electrons. The number of nitrogens with one attached hydrogen (secondary N) is 1. The lowest BCUT2D eigenvalue weighted by atomic mass is 10.1. The Kier molecular flexibility index (Phi) is 3.67. The molecule has 1 aromatic heterocycles. The van der Waals surface area contributed by atoms with Gasteiger partial charge in [0, 0.05) is 13.2 Å². The lowest BCUT2D eigenvalue weighted by Gasteiger charge is -2.25. The first-order valence-electron chi connectivity index (χ1n) is 5.04. The summed E-state index contributed by atoms with van der Waals surface area (Å²) in [5.74, 6) is -1.09. The van der Waals surface area contributed by atoms with Crippen LogP contribution in [0.25, 0.3) is 0 Å². The average molecular weight is 237 g/mol. The van der Waals surface area contributed by atoms with E-state index in [-0.39, 0.29) is 0 Å². The number of amides is 2. The summed E-state index contributed by atoms with van der Waals surface area (Å²) in [4.78, 5) is 27.8. The standard InChI is InChI=1S/C11H15N3O3/c1-11(2,9(15)16)13-10(17)14(3)8-5-4-6-12-7-8/h4-7H,1-3H3,(H,13,17)(H,15,16). The maximum absolute atomic E-state index is 11.8. The number of urea groups is 1. The number of nitrogens with zero attached hydrogens (tertiary/aromatic N) is 2. The normalized spacial score (nSPS) is 10.8. The molecule has 0 aliphatic heterocycles. The quantitative estimate of drug-likeness (QED) is 0.824. The van der Waals surface area contributed by atoms with Crippen LogP contribution in [0, 0.1) is 0 Å². The van der Waals surface area contributed by atoms with Gasteiger partial charge in [-0.15, -0.1) is 0 Å². The lowest BCUT2D eigenvalue weighted by Crippen LogP contribution is -2.53. The maximum atomic E-state index is 11.8. The van der Waals surface area contributed by atoms with Gasteiger partial charge in [0.05, 0.1) is 11.9 Å². The number of hydrogen-bond donors (Lipinski definition) is 2. The van der Waals surface area contributed by atoms with Crippen LogP contribution in [-0.4, -0.2) is 34.7 Å². The zero-order chi connectivity index (χ0) is 13.1. The van der Waals surface area contributed by atoms with Crippen LogP contribution in [0.1, 0.15) is 13.8 Å². The molecule has 1 rings (SSSR count). The topological polar surface area (TPSA) is 82.5 Å². The van der Waals surface area contributed by atoms with Gasteiger partial charge in [0.1, 0.15) is 5.54 Å². The summed E-state index contributed by atoms with van der Waals surface area (Å²) in [6.07, 6.45) is 3.11. The number of carboxylic acid groups (broad SMARTS) is 1. The molecule has 0 unspecified atom stereocenters. The summed E-state index contributed by atoms with van der Waals surface area (Å²) in [6, 6.07) is 2.91. The first-order chi connectivity index (χ1) is 7.84. The Labute approximate surface area is 99.3 Å². The van der Waals surface area contributed by atoms with Gasteiger partial charge in [0.2, 0.25) is 0 Å². The molecular weight excluding hydrogens is 222 g/mol. The molecule has 0 aromatic carbocycles. The second-order valence-corrected chi connectivity index (χ2v) is 4.13. The monoisotopic (exact) mass is 237 g/mol. The van der Waals surface area contributed by atoms with E-state index in [1.54, 1.807) is 25.4 Å². The molecule has 0 atom stereocenters. The zero-order valence-corrected chi connectivity index (χ0v) is 9.97. The number of pyridine rings is 1. The molecule has 1 aromatic rings. The van der Waals surface area contributed by atoms with Crippen LogP contribution in [0.15, 0.2) is 24.5 Å². The summed E-state index contributed by atoms with van der Waals surface area (Å²) in [5.41, 5.74) is -0.723. The van der Waals surface area contributed by atoms with Gasteiger partial charge < -0.3 is 10.4 Å². The minimum absolute atomic E-state index is 0.495. The van der Waals surface area contributed by atoms with Crippen LogP contribution in [0.3, 0.4) is 0 Å². The van der Waals surface area contributed by atoms with Gasteiger partial charge in [0.15, 0.2) is 0 Å². The fraction of sp³-hybridized carbons (Fsp3) is 0.364. The average Bonchev–Trinajstić information content (AvgIpc) is 2.28. The van der Waals surface area contributed by atoms with Crippen molar-refractivity contribution in [2.45, 2.75) is 19.4 Å². The van der Waals surface area contributed by atoms with E-state index in [0.717, 1.165) is 0 Å². The van der Waals surface area contributed by atoms with Crippen LogP contribution in [0.2, 0.25) is 0 Å². The van der Waals surface area contributed by atoms with Crippen molar-refractivity contribution in [3.05, 3.63) is 24.5 Å². The molecule has 92 valence electrons. The van der Waals surface area contributed by atoms with Gasteiger partial charge in [-0.3, -0.25) is 9.88 Å². The molecule has 0 aliphatic rings. The van der Waals surface area contributed by atoms with Crippen molar-refractivity contribution in [2.24, 2.45) is 0 Å². The number of aliphatic carboxylic acids is 1. The van der Waals surface area contributed by atoms with Gasteiger partial charge in [0.25, 0.3) is 0 Å². The van der Waals surface area contributed by atoms with Crippen molar-refractivity contribution in [1.82, 2.24) is 10.3 Å². The number of hydrogen-bond acceptors (Lipinski definition) is 3.